The average molecular weight is 227 g/mol. The summed E-state index contributed by atoms with van der Waals surface area (Å²) in [5.41, 5.74) is 0. The summed E-state index contributed by atoms with van der Waals surface area (Å²) in [4.78, 5) is 1.39. The lowest BCUT2D eigenvalue weighted by Crippen LogP contribution is -2.15. The second kappa shape index (κ2) is 5.09. The molecule has 2 rings (SSSR count). The third kappa shape index (κ3) is 2.93. The van der Waals surface area contributed by atoms with Crippen LogP contribution in [0, 0.1) is 0 Å². The Hall–Kier alpha value is -0.140. The SMILES string of the molecule is ClC1CCC(Sc2ccccc2)CC1. The molecular formula is C12H15ClS. The van der Waals surface area contributed by atoms with E-state index < -0.39 is 0 Å². The number of hydrogen-bond donors (Lipinski definition) is 0. The first kappa shape index (κ1) is 10.4. The van der Waals surface area contributed by atoms with Crippen molar-refractivity contribution in [3.8, 4) is 0 Å². The molecule has 0 aliphatic heterocycles. The third-order valence-electron chi connectivity index (χ3n) is 2.65. The van der Waals surface area contributed by atoms with Gasteiger partial charge in [0.25, 0.3) is 0 Å². The predicted molar refractivity (Wildman–Crippen MR) is 64.2 cm³/mol. The van der Waals surface area contributed by atoms with Gasteiger partial charge in [0, 0.05) is 15.5 Å². The van der Waals surface area contributed by atoms with Gasteiger partial charge in [-0.25, -0.2) is 0 Å². The lowest BCUT2D eigenvalue weighted by atomic mass is 10.00. The first-order valence-electron chi connectivity index (χ1n) is 5.20. The van der Waals surface area contributed by atoms with Crippen LogP contribution < -0.4 is 0 Å². The van der Waals surface area contributed by atoms with E-state index in [1.807, 2.05) is 11.8 Å². The predicted octanol–water partition coefficient (Wildman–Crippen LogP) is 4.33. The van der Waals surface area contributed by atoms with Crippen molar-refractivity contribution in [1.29, 1.82) is 0 Å². The Bertz CT molecular complexity index is 265. The first-order chi connectivity index (χ1) is 6.84. The molecule has 1 fully saturated rings. The highest BCUT2D eigenvalue weighted by Crippen LogP contribution is 2.34. The lowest BCUT2D eigenvalue weighted by Gasteiger charge is -2.24. The summed E-state index contributed by atoms with van der Waals surface area (Å²) < 4.78 is 0. The highest BCUT2D eigenvalue weighted by molar-refractivity contribution is 8.00. The van der Waals surface area contributed by atoms with E-state index in [2.05, 4.69) is 30.3 Å². The lowest BCUT2D eigenvalue weighted by molar-refractivity contribution is 0.523. The van der Waals surface area contributed by atoms with Gasteiger partial charge in [0.15, 0.2) is 0 Å². The zero-order valence-corrected chi connectivity index (χ0v) is 9.73. The molecule has 1 aromatic rings. The standard InChI is InChI=1S/C12H15ClS/c13-10-6-8-12(9-7-10)14-11-4-2-1-3-5-11/h1-5,10,12H,6-9H2. The maximum Gasteiger partial charge on any atom is 0.0336 e. The van der Waals surface area contributed by atoms with Crippen LogP contribution in [0.5, 0.6) is 0 Å². The maximum atomic E-state index is 6.08. The van der Waals surface area contributed by atoms with E-state index in [4.69, 9.17) is 11.6 Å². The zero-order valence-electron chi connectivity index (χ0n) is 8.16. The summed E-state index contributed by atoms with van der Waals surface area (Å²) >= 11 is 8.08. The van der Waals surface area contributed by atoms with Crippen molar-refractivity contribution in [1.82, 2.24) is 0 Å². The van der Waals surface area contributed by atoms with Crippen LogP contribution in [-0.4, -0.2) is 10.6 Å². The van der Waals surface area contributed by atoms with Crippen molar-refractivity contribution in [3.05, 3.63) is 30.3 Å². The molecule has 1 aliphatic carbocycles. The summed E-state index contributed by atoms with van der Waals surface area (Å²) in [6.07, 6.45) is 4.92. The number of halogens is 1. The largest absolute Gasteiger partial charge is 0.123 e. The molecule has 0 saturated heterocycles. The summed E-state index contributed by atoms with van der Waals surface area (Å²) in [6, 6.07) is 10.7. The van der Waals surface area contributed by atoms with Crippen molar-refractivity contribution in [2.45, 2.75) is 41.2 Å². The molecule has 0 N–H and O–H groups in total. The third-order valence-corrected chi connectivity index (χ3v) is 4.44. The molecule has 76 valence electrons. The molecule has 1 aromatic carbocycles. The Morgan fingerprint density at radius 2 is 1.64 bits per heavy atom. The van der Waals surface area contributed by atoms with Crippen LogP contribution in [-0.2, 0) is 0 Å². The Labute approximate surface area is 95.0 Å². The van der Waals surface area contributed by atoms with Gasteiger partial charge in [0.1, 0.15) is 0 Å². The van der Waals surface area contributed by atoms with Gasteiger partial charge in [-0.05, 0) is 37.8 Å². The molecule has 14 heavy (non-hydrogen) atoms. The second-order valence-electron chi connectivity index (χ2n) is 3.80. The normalized spacial score (nSPS) is 27.5. The molecule has 0 unspecified atom stereocenters. The van der Waals surface area contributed by atoms with Crippen molar-refractivity contribution >= 4 is 23.4 Å². The molecule has 1 saturated carbocycles. The van der Waals surface area contributed by atoms with Crippen molar-refractivity contribution in [3.63, 3.8) is 0 Å². The number of benzene rings is 1. The minimum absolute atomic E-state index is 0.433. The molecule has 1 aliphatic rings. The van der Waals surface area contributed by atoms with Crippen molar-refractivity contribution in [2.75, 3.05) is 0 Å². The van der Waals surface area contributed by atoms with Gasteiger partial charge in [-0.2, -0.15) is 0 Å². The minimum Gasteiger partial charge on any atom is -0.123 e. The molecule has 0 aromatic heterocycles. The van der Waals surface area contributed by atoms with Gasteiger partial charge in [-0.1, -0.05) is 18.2 Å². The Morgan fingerprint density at radius 3 is 2.29 bits per heavy atom. The number of thioether (sulfide) groups is 1. The van der Waals surface area contributed by atoms with Crippen LogP contribution in [0.2, 0.25) is 0 Å². The summed E-state index contributed by atoms with van der Waals surface area (Å²) in [5.74, 6) is 0. The Kier molecular flexibility index (Phi) is 3.77. The number of hydrogen-bond acceptors (Lipinski definition) is 1. The van der Waals surface area contributed by atoms with Crippen molar-refractivity contribution in [2.24, 2.45) is 0 Å². The van der Waals surface area contributed by atoms with Gasteiger partial charge in [0.2, 0.25) is 0 Å². The Morgan fingerprint density at radius 1 is 1.00 bits per heavy atom. The van der Waals surface area contributed by atoms with Crippen LogP contribution in [0.1, 0.15) is 25.7 Å². The van der Waals surface area contributed by atoms with Crippen LogP contribution >= 0.6 is 23.4 Å². The van der Waals surface area contributed by atoms with E-state index >= 15 is 0 Å². The molecule has 0 radical (unpaired) electrons. The van der Waals surface area contributed by atoms with Crippen LogP contribution in [0.4, 0.5) is 0 Å². The van der Waals surface area contributed by atoms with E-state index in [9.17, 15) is 0 Å². The van der Waals surface area contributed by atoms with Gasteiger partial charge in [-0.15, -0.1) is 23.4 Å². The van der Waals surface area contributed by atoms with Gasteiger partial charge >= 0.3 is 0 Å². The fourth-order valence-corrected chi connectivity index (χ4v) is 3.29. The zero-order chi connectivity index (χ0) is 9.80. The molecule has 2 heteroatoms. The van der Waals surface area contributed by atoms with E-state index in [0.717, 1.165) is 5.25 Å². The topological polar surface area (TPSA) is 0 Å². The summed E-state index contributed by atoms with van der Waals surface area (Å²) in [5, 5.41) is 1.22. The first-order valence-corrected chi connectivity index (χ1v) is 6.52. The summed E-state index contributed by atoms with van der Waals surface area (Å²) in [6.45, 7) is 0. The maximum absolute atomic E-state index is 6.08. The molecule has 0 bridgehead atoms. The minimum atomic E-state index is 0.433. The Balaban J connectivity index is 1.87. The number of rotatable bonds is 2. The highest BCUT2D eigenvalue weighted by atomic mass is 35.5. The van der Waals surface area contributed by atoms with E-state index in [1.165, 1.54) is 30.6 Å². The molecule has 0 heterocycles. The average Bonchev–Trinajstić information content (AvgIpc) is 2.23. The van der Waals surface area contributed by atoms with Crippen molar-refractivity contribution < 1.29 is 0 Å². The smallest absolute Gasteiger partial charge is 0.0336 e. The molecule has 0 atom stereocenters. The van der Waals surface area contributed by atoms with E-state index in [1.54, 1.807) is 0 Å². The van der Waals surface area contributed by atoms with Gasteiger partial charge < -0.3 is 0 Å². The van der Waals surface area contributed by atoms with E-state index in [-0.39, 0.29) is 0 Å². The number of alkyl halides is 1. The molecule has 0 amide bonds. The fraction of sp³-hybridized carbons (Fsp3) is 0.500. The quantitative estimate of drug-likeness (QED) is 0.677. The van der Waals surface area contributed by atoms with Crippen LogP contribution in [0.25, 0.3) is 0 Å². The molecule has 0 nitrogen and oxygen atoms in total. The second-order valence-corrected chi connectivity index (χ2v) is 5.80. The van der Waals surface area contributed by atoms with E-state index in [0.29, 0.717) is 5.38 Å². The fourth-order valence-electron chi connectivity index (χ4n) is 1.83. The molecule has 0 spiro atoms. The van der Waals surface area contributed by atoms with Gasteiger partial charge in [0.05, 0.1) is 0 Å². The van der Waals surface area contributed by atoms with Gasteiger partial charge in [-0.3, -0.25) is 0 Å². The monoisotopic (exact) mass is 226 g/mol. The highest BCUT2D eigenvalue weighted by Gasteiger charge is 2.19. The van der Waals surface area contributed by atoms with Crippen LogP contribution in [0.15, 0.2) is 35.2 Å². The molecular weight excluding hydrogens is 212 g/mol. The van der Waals surface area contributed by atoms with Crippen LogP contribution in [0.3, 0.4) is 0 Å². The summed E-state index contributed by atoms with van der Waals surface area (Å²) in [7, 11) is 0.